The van der Waals surface area contributed by atoms with Gasteiger partial charge in [-0.05, 0) is 48.6 Å². The molecule has 124 valence electrons. The van der Waals surface area contributed by atoms with Gasteiger partial charge in [0.2, 0.25) is 0 Å². The molecule has 22 heavy (non-hydrogen) atoms. The van der Waals surface area contributed by atoms with Crippen molar-refractivity contribution in [2.45, 2.75) is 26.3 Å². The van der Waals surface area contributed by atoms with Gasteiger partial charge in [0.15, 0.2) is 11.5 Å². The number of phenolic OH excluding ortho intramolecular Hbond substituents is 1. The van der Waals surface area contributed by atoms with Gasteiger partial charge < -0.3 is 19.9 Å². The summed E-state index contributed by atoms with van der Waals surface area (Å²) in [6.45, 7) is 4.95. The minimum absolute atomic E-state index is 0.0979. The molecule has 1 unspecified atom stereocenters. The lowest BCUT2D eigenvalue weighted by molar-refractivity contribution is -0.146. The maximum Gasteiger partial charge on any atom is 0.327 e. The van der Waals surface area contributed by atoms with Gasteiger partial charge in [-0.3, -0.25) is 0 Å². The molecule has 1 heterocycles. The largest absolute Gasteiger partial charge is 0.504 e. The quantitative estimate of drug-likeness (QED) is 0.828. The minimum Gasteiger partial charge on any atom is -0.504 e. The summed E-state index contributed by atoms with van der Waals surface area (Å²) in [4.78, 5) is 11.9. The van der Waals surface area contributed by atoms with Crippen molar-refractivity contribution >= 4 is 17.7 Å². The van der Waals surface area contributed by atoms with Crippen LogP contribution in [0.3, 0.4) is 0 Å². The zero-order chi connectivity index (χ0) is 16.5. The van der Waals surface area contributed by atoms with Crippen molar-refractivity contribution in [1.82, 2.24) is 5.32 Å². The van der Waals surface area contributed by atoms with E-state index in [0.717, 1.165) is 17.5 Å². The Hall–Kier alpha value is -1.40. The summed E-state index contributed by atoms with van der Waals surface area (Å²) in [6.07, 6.45) is 2.86. The molecular formula is C16H25NO4S. The van der Waals surface area contributed by atoms with Crippen LogP contribution in [0.1, 0.15) is 31.0 Å². The number of carbonyl (C=O) groups excluding carboxylic acids is 1. The fourth-order valence-corrected chi connectivity index (χ4v) is 2.17. The second-order valence-corrected chi connectivity index (χ2v) is 5.84. The Kier molecular flexibility index (Phi) is 8.12. The summed E-state index contributed by atoms with van der Waals surface area (Å²) < 4.78 is 10.1. The van der Waals surface area contributed by atoms with Crippen LogP contribution in [0.25, 0.3) is 0 Å². The van der Waals surface area contributed by atoms with Gasteiger partial charge in [-0.2, -0.15) is 11.8 Å². The number of phenols is 1. The fraction of sp³-hybridized carbons (Fsp3) is 0.562. The fourth-order valence-electron chi connectivity index (χ4n) is 2.17. The molecule has 0 amide bonds. The summed E-state index contributed by atoms with van der Waals surface area (Å²) >= 11 is 1.86. The predicted molar refractivity (Wildman–Crippen MR) is 89.8 cm³/mol. The molecule has 0 saturated heterocycles. The van der Waals surface area contributed by atoms with Crippen LogP contribution in [0.15, 0.2) is 12.1 Å². The third kappa shape index (κ3) is 4.81. The third-order valence-corrected chi connectivity index (χ3v) is 3.88. The van der Waals surface area contributed by atoms with Crippen molar-refractivity contribution in [2.24, 2.45) is 0 Å². The molecular weight excluding hydrogens is 302 g/mol. The number of rotatable bonds is 4. The second-order valence-electron chi connectivity index (χ2n) is 4.69. The zero-order valence-electron chi connectivity index (χ0n) is 13.6. The van der Waals surface area contributed by atoms with Crippen LogP contribution in [0.2, 0.25) is 0 Å². The number of nitrogens with one attached hydrogen (secondary N) is 1. The van der Waals surface area contributed by atoms with Crippen molar-refractivity contribution in [3.05, 3.63) is 23.3 Å². The summed E-state index contributed by atoms with van der Waals surface area (Å²) in [7, 11) is 1.48. The molecule has 1 aliphatic heterocycles. The highest BCUT2D eigenvalue weighted by Gasteiger charge is 2.28. The average Bonchev–Trinajstić information content (AvgIpc) is 2.54. The number of benzene rings is 1. The predicted octanol–water partition coefficient (Wildman–Crippen LogP) is 2.52. The molecule has 0 spiro atoms. The topological polar surface area (TPSA) is 67.8 Å². The lowest BCUT2D eigenvalue weighted by Gasteiger charge is -2.26. The Morgan fingerprint density at radius 1 is 1.45 bits per heavy atom. The lowest BCUT2D eigenvalue weighted by Crippen LogP contribution is -2.36. The average molecular weight is 327 g/mol. The van der Waals surface area contributed by atoms with Gasteiger partial charge in [0.25, 0.3) is 0 Å². The highest BCUT2D eigenvalue weighted by molar-refractivity contribution is 7.98. The molecule has 5 nitrogen and oxygen atoms in total. The van der Waals surface area contributed by atoms with Crippen LogP contribution in [0, 0.1) is 0 Å². The van der Waals surface area contributed by atoms with E-state index in [1.165, 1.54) is 12.9 Å². The van der Waals surface area contributed by atoms with Gasteiger partial charge in [0, 0.05) is 6.54 Å². The highest BCUT2D eigenvalue weighted by Crippen LogP contribution is 2.34. The van der Waals surface area contributed by atoms with Gasteiger partial charge in [0.1, 0.15) is 6.04 Å². The van der Waals surface area contributed by atoms with E-state index in [1.807, 2.05) is 11.8 Å². The van der Waals surface area contributed by atoms with Crippen LogP contribution in [-0.4, -0.2) is 43.3 Å². The number of thioether (sulfide) groups is 1. The molecule has 1 atom stereocenters. The van der Waals surface area contributed by atoms with Crippen LogP contribution in [0.5, 0.6) is 11.5 Å². The first-order valence-corrected chi connectivity index (χ1v) is 8.77. The minimum atomic E-state index is -0.483. The Balaban J connectivity index is 0.000000541. The lowest BCUT2D eigenvalue weighted by atomic mass is 9.93. The van der Waals surface area contributed by atoms with Gasteiger partial charge >= 0.3 is 5.97 Å². The van der Waals surface area contributed by atoms with Crippen molar-refractivity contribution in [3.8, 4) is 11.5 Å². The Morgan fingerprint density at radius 2 is 2.14 bits per heavy atom. The number of carbonyl (C=O) groups is 1. The number of fused-ring (bicyclic) bond motifs is 1. The second kappa shape index (κ2) is 9.58. The van der Waals surface area contributed by atoms with E-state index in [1.54, 1.807) is 19.1 Å². The molecule has 0 aliphatic carbocycles. The van der Waals surface area contributed by atoms with Gasteiger partial charge in [-0.1, -0.05) is 6.92 Å². The van der Waals surface area contributed by atoms with Crippen molar-refractivity contribution < 1.29 is 19.4 Å². The number of ether oxygens (including phenoxy) is 2. The van der Waals surface area contributed by atoms with Crippen molar-refractivity contribution in [3.63, 3.8) is 0 Å². The molecule has 0 saturated carbocycles. The summed E-state index contributed by atoms with van der Waals surface area (Å²) in [5.74, 6) is 1.40. The van der Waals surface area contributed by atoms with Gasteiger partial charge in [0.05, 0.1) is 13.7 Å². The first kappa shape index (κ1) is 18.6. The molecule has 2 N–H and O–H groups in total. The molecule has 1 aromatic carbocycles. The Bertz CT molecular complexity index is 491. The smallest absolute Gasteiger partial charge is 0.327 e. The van der Waals surface area contributed by atoms with Crippen molar-refractivity contribution in [2.75, 3.05) is 32.3 Å². The zero-order valence-corrected chi connectivity index (χ0v) is 14.5. The van der Waals surface area contributed by atoms with E-state index < -0.39 is 6.04 Å². The molecule has 2 rings (SSSR count). The van der Waals surface area contributed by atoms with Gasteiger partial charge in [-0.25, -0.2) is 4.79 Å². The molecule has 1 aliphatic rings. The van der Waals surface area contributed by atoms with E-state index in [0.29, 0.717) is 18.9 Å². The normalized spacial score (nSPS) is 16.1. The standard InChI is InChI=1S/C13H17NO4.C3H8S/c1-3-18-13(16)12-9-7-11(17-2)10(15)6-8(9)4-5-14-12;1-3-4-2/h6-7,12,14-15H,3-5H2,1-2H3;3H2,1-2H3. The molecule has 6 heteroatoms. The van der Waals surface area contributed by atoms with E-state index in [9.17, 15) is 9.90 Å². The van der Waals surface area contributed by atoms with Crippen molar-refractivity contribution in [1.29, 1.82) is 0 Å². The monoisotopic (exact) mass is 327 g/mol. The first-order chi connectivity index (χ1) is 10.6. The maximum atomic E-state index is 11.9. The van der Waals surface area contributed by atoms with Gasteiger partial charge in [-0.15, -0.1) is 0 Å². The number of aromatic hydroxyl groups is 1. The molecule has 0 aromatic heterocycles. The molecule has 1 aromatic rings. The van der Waals surface area contributed by atoms with Crippen LogP contribution < -0.4 is 10.1 Å². The van der Waals surface area contributed by atoms with Crippen LogP contribution in [-0.2, 0) is 16.0 Å². The van der Waals surface area contributed by atoms with Crippen LogP contribution in [0.4, 0.5) is 0 Å². The summed E-state index contributed by atoms with van der Waals surface area (Å²) in [6, 6.07) is 2.86. The Morgan fingerprint density at radius 3 is 2.68 bits per heavy atom. The van der Waals surface area contributed by atoms with E-state index in [2.05, 4.69) is 18.5 Å². The molecule has 0 bridgehead atoms. The first-order valence-electron chi connectivity index (χ1n) is 7.37. The maximum absolute atomic E-state index is 11.9. The van der Waals surface area contributed by atoms with E-state index in [-0.39, 0.29) is 11.7 Å². The number of hydrogen-bond donors (Lipinski definition) is 2. The summed E-state index contributed by atoms with van der Waals surface area (Å²) in [5.41, 5.74) is 1.76. The van der Waals surface area contributed by atoms with E-state index >= 15 is 0 Å². The van der Waals surface area contributed by atoms with E-state index in [4.69, 9.17) is 9.47 Å². The Labute approximate surface area is 136 Å². The molecule has 0 fully saturated rings. The van der Waals surface area contributed by atoms with Crippen LogP contribution >= 0.6 is 11.8 Å². The highest BCUT2D eigenvalue weighted by atomic mass is 32.2. The number of methoxy groups -OCH3 is 1. The third-order valence-electron chi connectivity index (χ3n) is 3.31. The molecule has 0 radical (unpaired) electrons. The number of hydrogen-bond acceptors (Lipinski definition) is 6. The summed E-state index contributed by atoms with van der Waals surface area (Å²) in [5, 5.41) is 12.9. The SMILES string of the molecule is CCOC(=O)C1NCCc2cc(O)c(OC)cc21.CCSC. The number of esters is 1.